The molecule has 1 aromatic heterocycles. The van der Waals surface area contributed by atoms with Crippen molar-refractivity contribution in [3.63, 3.8) is 0 Å². The molecule has 1 amide bonds. The lowest BCUT2D eigenvalue weighted by molar-refractivity contribution is 0.0635. The highest BCUT2D eigenvalue weighted by molar-refractivity contribution is 7.86. The van der Waals surface area contributed by atoms with Crippen molar-refractivity contribution in [2.24, 2.45) is 0 Å². The van der Waals surface area contributed by atoms with Crippen LogP contribution in [0.1, 0.15) is 16.1 Å². The Hall–Kier alpha value is -1.42. The second kappa shape index (κ2) is 6.60. The summed E-state index contributed by atoms with van der Waals surface area (Å²) < 4.78 is 38.4. The molecule has 0 radical (unpaired) electrons. The van der Waals surface area contributed by atoms with Gasteiger partial charge in [0, 0.05) is 39.3 Å². The van der Waals surface area contributed by atoms with Crippen molar-refractivity contribution in [1.82, 2.24) is 13.5 Å². The molecule has 0 atom stereocenters. The number of carbonyl (C=O) groups excluding carboxylic acids is 1. The van der Waals surface area contributed by atoms with Gasteiger partial charge in [0.1, 0.15) is 5.76 Å². The van der Waals surface area contributed by atoms with Gasteiger partial charge in [0.05, 0.1) is 25.0 Å². The van der Waals surface area contributed by atoms with Gasteiger partial charge in [0.15, 0.2) is 0 Å². The molecule has 2 saturated heterocycles. The zero-order valence-electron chi connectivity index (χ0n) is 13.1. The number of ether oxygens (including phenoxy) is 1. The molecule has 2 aliphatic heterocycles. The lowest BCUT2D eigenvalue weighted by Gasteiger charge is -2.37. The normalized spacial score (nSPS) is 21.5. The lowest BCUT2D eigenvalue weighted by Crippen LogP contribution is -2.55. The zero-order valence-corrected chi connectivity index (χ0v) is 13.9. The van der Waals surface area contributed by atoms with Crippen LogP contribution in [0, 0.1) is 6.92 Å². The maximum atomic E-state index is 12.6. The summed E-state index contributed by atoms with van der Waals surface area (Å²) >= 11 is 0. The number of furan rings is 1. The molecule has 3 heterocycles. The van der Waals surface area contributed by atoms with E-state index in [-0.39, 0.29) is 5.91 Å². The first-order valence-electron chi connectivity index (χ1n) is 7.66. The average Bonchev–Trinajstić information content (AvgIpc) is 3.01. The summed E-state index contributed by atoms with van der Waals surface area (Å²) in [6, 6.07) is 1.65. The predicted octanol–water partition coefficient (Wildman–Crippen LogP) is -0.0772. The molecule has 23 heavy (non-hydrogen) atoms. The molecule has 0 bridgehead atoms. The van der Waals surface area contributed by atoms with Gasteiger partial charge >= 0.3 is 0 Å². The SMILES string of the molecule is Cc1occc1C(=O)N1CCN(S(=O)(=O)N2CCOCC2)CC1. The fourth-order valence-corrected chi connectivity index (χ4v) is 4.40. The molecule has 0 saturated carbocycles. The largest absolute Gasteiger partial charge is 0.469 e. The summed E-state index contributed by atoms with van der Waals surface area (Å²) in [5.74, 6) is 0.470. The molecule has 0 N–H and O–H groups in total. The van der Waals surface area contributed by atoms with E-state index in [1.165, 1.54) is 14.9 Å². The van der Waals surface area contributed by atoms with E-state index < -0.39 is 10.2 Å². The van der Waals surface area contributed by atoms with Crippen molar-refractivity contribution in [3.05, 3.63) is 23.7 Å². The fraction of sp³-hybridized carbons (Fsp3) is 0.643. The number of amides is 1. The summed E-state index contributed by atoms with van der Waals surface area (Å²) in [6.07, 6.45) is 1.49. The van der Waals surface area contributed by atoms with Gasteiger partial charge in [-0.15, -0.1) is 0 Å². The van der Waals surface area contributed by atoms with Gasteiger partial charge < -0.3 is 14.1 Å². The fourth-order valence-electron chi connectivity index (χ4n) is 2.84. The predicted molar refractivity (Wildman–Crippen MR) is 82.2 cm³/mol. The second-order valence-electron chi connectivity index (χ2n) is 5.60. The number of piperazine rings is 1. The maximum absolute atomic E-state index is 12.6. The summed E-state index contributed by atoms with van der Waals surface area (Å²) in [5.41, 5.74) is 0.537. The first-order valence-corrected chi connectivity index (χ1v) is 9.06. The van der Waals surface area contributed by atoms with E-state index in [2.05, 4.69) is 0 Å². The Morgan fingerprint density at radius 1 is 1.04 bits per heavy atom. The number of nitrogens with zero attached hydrogens (tertiary/aromatic N) is 3. The van der Waals surface area contributed by atoms with Crippen LogP contribution in [0.15, 0.2) is 16.7 Å². The van der Waals surface area contributed by atoms with Crippen LogP contribution in [0.4, 0.5) is 0 Å². The first-order chi connectivity index (χ1) is 11.0. The van der Waals surface area contributed by atoms with E-state index >= 15 is 0 Å². The molecule has 0 spiro atoms. The summed E-state index contributed by atoms with van der Waals surface area (Å²) in [5, 5.41) is 0. The molecule has 2 aliphatic rings. The van der Waals surface area contributed by atoms with E-state index in [0.29, 0.717) is 63.8 Å². The minimum Gasteiger partial charge on any atom is -0.469 e. The molecule has 2 fully saturated rings. The summed E-state index contributed by atoms with van der Waals surface area (Å²) in [7, 11) is -3.47. The number of rotatable bonds is 3. The molecule has 0 aromatic carbocycles. The molecule has 9 heteroatoms. The molecular formula is C14H21N3O5S. The molecule has 8 nitrogen and oxygen atoms in total. The van der Waals surface area contributed by atoms with Crippen LogP contribution in [-0.4, -0.2) is 80.3 Å². The third kappa shape index (κ3) is 3.27. The van der Waals surface area contributed by atoms with Crippen molar-refractivity contribution >= 4 is 16.1 Å². The lowest BCUT2D eigenvalue weighted by atomic mass is 10.2. The quantitative estimate of drug-likeness (QED) is 0.767. The van der Waals surface area contributed by atoms with E-state index in [1.54, 1.807) is 17.9 Å². The van der Waals surface area contributed by atoms with Crippen LogP contribution in [0.3, 0.4) is 0 Å². The van der Waals surface area contributed by atoms with E-state index in [4.69, 9.17) is 9.15 Å². The topological polar surface area (TPSA) is 83.3 Å². The van der Waals surface area contributed by atoms with Crippen molar-refractivity contribution in [2.75, 3.05) is 52.5 Å². The van der Waals surface area contributed by atoms with Crippen molar-refractivity contribution < 1.29 is 22.4 Å². The molecule has 3 rings (SSSR count). The Bertz CT molecular complexity index is 658. The Balaban J connectivity index is 1.62. The maximum Gasteiger partial charge on any atom is 0.282 e. The Labute approximate surface area is 135 Å². The number of aryl methyl sites for hydroxylation is 1. The average molecular weight is 343 g/mol. The minimum atomic E-state index is -3.47. The van der Waals surface area contributed by atoms with E-state index in [1.807, 2.05) is 0 Å². The molecule has 128 valence electrons. The van der Waals surface area contributed by atoms with Crippen molar-refractivity contribution in [3.8, 4) is 0 Å². The van der Waals surface area contributed by atoms with E-state index in [9.17, 15) is 13.2 Å². The Morgan fingerprint density at radius 2 is 1.65 bits per heavy atom. The van der Waals surface area contributed by atoms with Gasteiger partial charge in [-0.3, -0.25) is 4.79 Å². The highest BCUT2D eigenvalue weighted by Gasteiger charge is 2.34. The highest BCUT2D eigenvalue weighted by atomic mass is 32.2. The van der Waals surface area contributed by atoms with Gasteiger partial charge in [-0.1, -0.05) is 0 Å². The third-order valence-corrected chi connectivity index (χ3v) is 6.27. The Morgan fingerprint density at radius 3 is 2.22 bits per heavy atom. The Kier molecular flexibility index (Phi) is 4.72. The van der Waals surface area contributed by atoms with Crippen LogP contribution in [0.2, 0.25) is 0 Å². The minimum absolute atomic E-state index is 0.111. The van der Waals surface area contributed by atoms with Gasteiger partial charge in [-0.2, -0.15) is 17.0 Å². The van der Waals surface area contributed by atoms with Gasteiger partial charge in [-0.05, 0) is 13.0 Å². The van der Waals surface area contributed by atoms with Gasteiger partial charge in [0.2, 0.25) is 0 Å². The number of morpholine rings is 1. The standard InChI is InChI=1S/C14H21N3O5S/c1-12-13(2-9-22-12)14(18)15-3-5-16(6-4-15)23(19,20)17-7-10-21-11-8-17/h2,9H,3-8,10-11H2,1H3. The van der Waals surface area contributed by atoms with Crippen molar-refractivity contribution in [1.29, 1.82) is 0 Å². The van der Waals surface area contributed by atoms with Crippen LogP contribution < -0.4 is 0 Å². The van der Waals surface area contributed by atoms with Crippen LogP contribution in [0.5, 0.6) is 0 Å². The van der Waals surface area contributed by atoms with Crippen LogP contribution in [-0.2, 0) is 14.9 Å². The van der Waals surface area contributed by atoms with Gasteiger partial charge in [-0.25, -0.2) is 0 Å². The van der Waals surface area contributed by atoms with E-state index in [0.717, 1.165) is 0 Å². The number of carbonyl (C=O) groups is 1. The summed E-state index contributed by atoms with van der Waals surface area (Å²) in [4.78, 5) is 14.1. The highest BCUT2D eigenvalue weighted by Crippen LogP contribution is 2.17. The van der Waals surface area contributed by atoms with Crippen molar-refractivity contribution in [2.45, 2.75) is 6.92 Å². The molecule has 0 aliphatic carbocycles. The molecular weight excluding hydrogens is 322 g/mol. The second-order valence-corrected chi connectivity index (χ2v) is 7.53. The smallest absolute Gasteiger partial charge is 0.282 e. The first kappa shape index (κ1) is 16.4. The van der Waals surface area contributed by atoms with Crippen LogP contribution >= 0.6 is 0 Å². The summed E-state index contributed by atoms with van der Waals surface area (Å²) in [6.45, 7) is 4.75. The third-order valence-electron chi connectivity index (χ3n) is 4.24. The number of hydrogen-bond acceptors (Lipinski definition) is 5. The van der Waals surface area contributed by atoms with Gasteiger partial charge in [0.25, 0.3) is 16.1 Å². The number of hydrogen-bond donors (Lipinski definition) is 0. The monoisotopic (exact) mass is 343 g/mol. The molecule has 0 unspecified atom stereocenters. The van der Waals surface area contributed by atoms with Crippen LogP contribution in [0.25, 0.3) is 0 Å². The molecule has 1 aromatic rings. The zero-order chi connectivity index (χ0) is 16.4.